The van der Waals surface area contributed by atoms with Crippen LogP contribution in [0.2, 0.25) is 0 Å². The van der Waals surface area contributed by atoms with Crippen LogP contribution in [0.4, 0.5) is 0 Å². The first kappa shape index (κ1) is 15.1. The maximum absolute atomic E-state index is 5.98. The summed E-state index contributed by atoms with van der Waals surface area (Å²) in [5, 5.41) is 3.46. The van der Waals surface area contributed by atoms with E-state index < -0.39 is 0 Å². The van der Waals surface area contributed by atoms with E-state index in [0.29, 0.717) is 18.2 Å². The smallest absolute Gasteiger partial charge is 0.118 e. The molecule has 1 aliphatic heterocycles. The van der Waals surface area contributed by atoms with Gasteiger partial charge >= 0.3 is 0 Å². The highest BCUT2D eigenvalue weighted by atomic mass is 16.5. The van der Waals surface area contributed by atoms with Crippen molar-refractivity contribution in [2.24, 2.45) is 0 Å². The van der Waals surface area contributed by atoms with Crippen LogP contribution in [-0.2, 0) is 17.8 Å². The second kappa shape index (κ2) is 6.51. The first-order valence-corrected chi connectivity index (χ1v) is 8.30. The minimum Gasteiger partial charge on any atom is -0.465 e. The summed E-state index contributed by atoms with van der Waals surface area (Å²) in [6.45, 7) is 10.1. The van der Waals surface area contributed by atoms with Crippen molar-refractivity contribution >= 4 is 0 Å². The van der Waals surface area contributed by atoms with E-state index in [9.17, 15) is 0 Å². The summed E-state index contributed by atoms with van der Waals surface area (Å²) in [6.07, 6.45) is 4.25. The average molecular weight is 292 g/mol. The van der Waals surface area contributed by atoms with Gasteiger partial charge in [0, 0.05) is 30.7 Å². The van der Waals surface area contributed by atoms with Gasteiger partial charge in [-0.15, -0.1) is 0 Å². The number of hydrogen-bond acceptors (Lipinski definition) is 4. The molecule has 0 spiro atoms. The van der Waals surface area contributed by atoms with Crippen LogP contribution < -0.4 is 5.32 Å². The standard InChI is InChI=1S/C17H28N2O2/c1-12(2)18-10-14-9-15(21-13(14)3)11-19-7-8-20-17-6-4-5-16(17)19/h9,12,16-18H,4-8,10-11H2,1-3H3. The van der Waals surface area contributed by atoms with Crippen molar-refractivity contribution in [3.05, 3.63) is 23.2 Å². The van der Waals surface area contributed by atoms with E-state index in [4.69, 9.17) is 9.15 Å². The van der Waals surface area contributed by atoms with Gasteiger partial charge in [-0.1, -0.05) is 13.8 Å². The first-order chi connectivity index (χ1) is 10.1. The van der Waals surface area contributed by atoms with Crippen LogP contribution in [0.3, 0.4) is 0 Å². The summed E-state index contributed by atoms with van der Waals surface area (Å²) < 4.78 is 11.9. The Morgan fingerprint density at radius 1 is 1.38 bits per heavy atom. The van der Waals surface area contributed by atoms with E-state index in [1.165, 1.54) is 24.8 Å². The van der Waals surface area contributed by atoms with Crippen LogP contribution in [0.5, 0.6) is 0 Å². The lowest BCUT2D eigenvalue weighted by Gasteiger charge is -2.37. The van der Waals surface area contributed by atoms with Crippen molar-refractivity contribution in [1.82, 2.24) is 10.2 Å². The Labute approximate surface area is 127 Å². The summed E-state index contributed by atoms with van der Waals surface area (Å²) in [5.41, 5.74) is 1.29. The van der Waals surface area contributed by atoms with E-state index in [1.807, 2.05) is 0 Å². The molecular weight excluding hydrogens is 264 g/mol. The van der Waals surface area contributed by atoms with E-state index in [2.05, 4.69) is 37.1 Å². The maximum atomic E-state index is 5.98. The molecule has 1 aromatic heterocycles. The molecule has 118 valence electrons. The monoisotopic (exact) mass is 292 g/mol. The number of nitrogens with one attached hydrogen (secondary N) is 1. The quantitative estimate of drug-likeness (QED) is 0.905. The molecule has 1 aromatic rings. The van der Waals surface area contributed by atoms with Crippen molar-refractivity contribution in [3.63, 3.8) is 0 Å². The summed E-state index contributed by atoms with van der Waals surface area (Å²) in [6, 6.07) is 3.33. The minimum absolute atomic E-state index is 0.455. The van der Waals surface area contributed by atoms with Crippen molar-refractivity contribution in [2.45, 2.75) is 71.3 Å². The number of furan rings is 1. The number of fused-ring (bicyclic) bond motifs is 1. The molecule has 2 atom stereocenters. The second-order valence-electron chi connectivity index (χ2n) is 6.71. The lowest BCUT2D eigenvalue weighted by molar-refractivity contribution is -0.0606. The third kappa shape index (κ3) is 3.50. The molecule has 2 fully saturated rings. The Hall–Kier alpha value is -0.840. The van der Waals surface area contributed by atoms with Gasteiger partial charge in [-0.25, -0.2) is 0 Å². The SMILES string of the molecule is Cc1oc(CN2CCOC3CCCC32)cc1CNC(C)C. The second-order valence-corrected chi connectivity index (χ2v) is 6.71. The third-order valence-corrected chi connectivity index (χ3v) is 4.73. The normalized spacial score (nSPS) is 26.5. The topological polar surface area (TPSA) is 37.6 Å². The van der Waals surface area contributed by atoms with Gasteiger partial charge in [0.25, 0.3) is 0 Å². The van der Waals surface area contributed by atoms with Crippen LogP contribution in [-0.4, -0.2) is 36.2 Å². The number of ether oxygens (including phenoxy) is 1. The molecule has 2 unspecified atom stereocenters. The highest BCUT2D eigenvalue weighted by Crippen LogP contribution is 2.31. The molecule has 4 nitrogen and oxygen atoms in total. The Morgan fingerprint density at radius 3 is 3.05 bits per heavy atom. The Balaban J connectivity index is 1.63. The zero-order valence-electron chi connectivity index (χ0n) is 13.5. The highest BCUT2D eigenvalue weighted by molar-refractivity contribution is 5.21. The van der Waals surface area contributed by atoms with Gasteiger partial charge in [0.15, 0.2) is 0 Å². The molecule has 0 bridgehead atoms. The van der Waals surface area contributed by atoms with E-state index >= 15 is 0 Å². The lowest BCUT2D eigenvalue weighted by Crippen LogP contribution is -2.47. The van der Waals surface area contributed by atoms with Gasteiger partial charge in [0.2, 0.25) is 0 Å². The largest absolute Gasteiger partial charge is 0.465 e. The number of rotatable bonds is 5. The van der Waals surface area contributed by atoms with Gasteiger partial charge in [0.1, 0.15) is 11.5 Å². The van der Waals surface area contributed by atoms with Crippen LogP contribution in [0.15, 0.2) is 10.5 Å². The molecule has 1 saturated carbocycles. The Bertz CT molecular complexity index is 469. The number of nitrogens with zero attached hydrogens (tertiary/aromatic N) is 1. The maximum Gasteiger partial charge on any atom is 0.118 e. The Morgan fingerprint density at radius 2 is 2.24 bits per heavy atom. The zero-order valence-corrected chi connectivity index (χ0v) is 13.5. The van der Waals surface area contributed by atoms with Crippen LogP contribution >= 0.6 is 0 Å². The summed E-state index contributed by atoms with van der Waals surface area (Å²) in [5.74, 6) is 2.15. The van der Waals surface area contributed by atoms with Crippen molar-refractivity contribution in [1.29, 1.82) is 0 Å². The fourth-order valence-corrected chi connectivity index (χ4v) is 3.56. The molecule has 1 aliphatic carbocycles. The van der Waals surface area contributed by atoms with E-state index in [-0.39, 0.29) is 0 Å². The van der Waals surface area contributed by atoms with Gasteiger partial charge < -0.3 is 14.5 Å². The van der Waals surface area contributed by atoms with Gasteiger partial charge in [-0.3, -0.25) is 4.90 Å². The predicted octanol–water partition coefficient (Wildman–Crippen LogP) is 2.84. The Kier molecular flexibility index (Phi) is 4.67. The van der Waals surface area contributed by atoms with Crippen LogP contribution in [0, 0.1) is 6.92 Å². The fourth-order valence-electron chi connectivity index (χ4n) is 3.56. The van der Waals surface area contributed by atoms with Crippen molar-refractivity contribution < 1.29 is 9.15 Å². The molecule has 3 rings (SSSR count). The fraction of sp³-hybridized carbons (Fsp3) is 0.765. The van der Waals surface area contributed by atoms with Crippen LogP contribution in [0.25, 0.3) is 0 Å². The number of aryl methyl sites for hydroxylation is 1. The van der Waals surface area contributed by atoms with Crippen molar-refractivity contribution in [3.8, 4) is 0 Å². The summed E-state index contributed by atoms with van der Waals surface area (Å²) >= 11 is 0. The molecule has 2 aliphatic rings. The first-order valence-electron chi connectivity index (χ1n) is 8.30. The van der Waals surface area contributed by atoms with Crippen molar-refractivity contribution in [2.75, 3.05) is 13.2 Å². The van der Waals surface area contributed by atoms with Gasteiger partial charge in [-0.05, 0) is 32.3 Å². The summed E-state index contributed by atoms with van der Waals surface area (Å²) in [7, 11) is 0. The molecule has 1 saturated heterocycles. The van der Waals surface area contributed by atoms with Gasteiger partial charge in [-0.2, -0.15) is 0 Å². The number of hydrogen-bond donors (Lipinski definition) is 1. The molecule has 2 heterocycles. The number of morpholine rings is 1. The zero-order chi connectivity index (χ0) is 14.8. The summed E-state index contributed by atoms with van der Waals surface area (Å²) in [4.78, 5) is 2.55. The van der Waals surface area contributed by atoms with Gasteiger partial charge in [0.05, 0.1) is 19.3 Å². The van der Waals surface area contributed by atoms with E-state index in [1.54, 1.807) is 0 Å². The average Bonchev–Trinajstić information content (AvgIpc) is 3.04. The molecule has 0 aromatic carbocycles. The molecule has 21 heavy (non-hydrogen) atoms. The van der Waals surface area contributed by atoms with E-state index in [0.717, 1.165) is 37.8 Å². The molecular formula is C17H28N2O2. The predicted molar refractivity (Wildman–Crippen MR) is 83.2 cm³/mol. The lowest BCUT2D eigenvalue weighted by atomic mass is 10.1. The molecule has 0 radical (unpaired) electrons. The molecule has 1 N–H and O–H groups in total. The third-order valence-electron chi connectivity index (χ3n) is 4.73. The van der Waals surface area contributed by atoms with Crippen LogP contribution in [0.1, 0.15) is 50.2 Å². The minimum atomic E-state index is 0.455. The highest BCUT2D eigenvalue weighted by Gasteiger charge is 2.36. The molecule has 4 heteroatoms. The molecule has 0 amide bonds.